The summed E-state index contributed by atoms with van der Waals surface area (Å²) in [7, 11) is 0. The van der Waals surface area contributed by atoms with Gasteiger partial charge in [0, 0.05) is 6.42 Å². The average Bonchev–Trinajstić information content (AvgIpc) is 3.29. The molecule has 1 aliphatic heterocycles. The van der Waals surface area contributed by atoms with Crippen LogP contribution >= 0.6 is 0 Å². The number of amides is 1. The molecule has 0 aromatic rings. The Balaban J connectivity index is 2.23. The first kappa shape index (κ1) is 60.4. The third kappa shape index (κ3) is 34.7. The molecule has 0 radical (unpaired) electrons. The number of unbranched alkanes of at least 4 members (excludes halogenated alkanes) is 32. The van der Waals surface area contributed by atoms with E-state index in [4.69, 9.17) is 9.47 Å². The number of nitrogens with one attached hydrogen (secondary N) is 1. The fourth-order valence-corrected chi connectivity index (χ4v) is 8.60. The minimum atomic E-state index is -1.57. The molecule has 0 saturated carbocycles. The molecule has 1 aliphatic rings. The van der Waals surface area contributed by atoms with Gasteiger partial charge in [-0.05, 0) is 44.9 Å². The van der Waals surface area contributed by atoms with Crippen molar-refractivity contribution < 1.29 is 39.8 Å². The SMILES string of the molecule is CCCCCCCCCCCCCCCCCCCCC/C=C/CC/C=C/CC/C=C/C(O)C(COC1OC(CO)C(O)C(O)C1O)NC(=O)CCCCCCCCCCCCCC. The van der Waals surface area contributed by atoms with Crippen LogP contribution in [0.5, 0.6) is 0 Å². The van der Waals surface area contributed by atoms with E-state index in [1.807, 2.05) is 6.08 Å². The van der Waals surface area contributed by atoms with E-state index in [-0.39, 0.29) is 12.5 Å². The lowest BCUT2D eigenvalue weighted by atomic mass is 9.99. The third-order valence-electron chi connectivity index (χ3n) is 12.9. The second kappa shape index (κ2) is 45.2. The second-order valence-corrected chi connectivity index (χ2v) is 19.0. The smallest absolute Gasteiger partial charge is 0.220 e. The van der Waals surface area contributed by atoms with Crippen LogP contribution in [-0.2, 0) is 14.3 Å². The monoisotopic (exact) mass is 906 g/mol. The lowest BCUT2D eigenvalue weighted by Crippen LogP contribution is -2.60. The molecule has 1 heterocycles. The zero-order chi connectivity index (χ0) is 46.6. The van der Waals surface area contributed by atoms with Gasteiger partial charge >= 0.3 is 0 Å². The van der Waals surface area contributed by atoms with Crippen LogP contribution < -0.4 is 5.32 Å². The first-order chi connectivity index (χ1) is 31.3. The number of hydrogen-bond acceptors (Lipinski definition) is 8. The quantitative estimate of drug-likeness (QED) is 0.0261. The van der Waals surface area contributed by atoms with Crippen LogP contribution in [0.2, 0.25) is 0 Å². The summed E-state index contributed by atoms with van der Waals surface area (Å²) in [5.41, 5.74) is 0. The molecule has 6 N–H and O–H groups in total. The minimum absolute atomic E-state index is 0.190. The van der Waals surface area contributed by atoms with E-state index in [0.29, 0.717) is 6.42 Å². The van der Waals surface area contributed by atoms with Crippen LogP contribution in [0.1, 0.15) is 251 Å². The van der Waals surface area contributed by atoms with Crippen molar-refractivity contribution in [1.82, 2.24) is 5.32 Å². The molecule has 9 nitrogen and oxygen atoms in total. The normalized spacial score (nSPS) is 20.3. The summed E-state index contributed by atoms with van der Waals surface area (Å²) < 4.78 is 11.2. The van der Waals surface area contributed by atoms with E-state index in [1.165, 1.54) is 186 Å². The summed E-state index contributed by atoms with van der Waals surface area (Å²) >= 11 is 0. The summed E-state index contributed by atoms with van der Waals surface area (Å²) in [4.78, 5) is 13.0. The molecular formula is C55H103NO8. The van der Waals surface area contributed by atoms with Crippen molar-refractivity contribution in [2.45, 2.75) is 294 Å². The Labute approximate surface area is 393 Å². The highest BCUT2D eigenvalue weighted by Crippen LogP contribution is 2.23. The number of ether oxygens (including phenoxy) is 2. The van der Waals surface area contributed by atoms with Gasteiger partial charge in [0.15, 0.2) is 6.29 Å². The largest absolute Gasteiger partial charge is 0.394 e. The number of aliphatic hydroxyl groups is 5. The summed E-state index contributed by atoms with van der Waals surface area (Å²) in [5.74, 6) is -0.190. The number of carbonyl (C=O) groups excluding carboxylic acids is 1. The van der Waals surface area contributed by atoms with E-state index >= 15 is 0 Å². The first-order valence-electron chi connectivity index (χ1n) is 27.2. The standard InChI is InChI=1S/C55H103NO8/c1-3-5-7-9-11-13-15-17-18-19-20-21-22-23-24-25-26-27-28-29-30-31-32-33-34-36-38-40-42-44-49(58)48(47-63-55-54(62)53(61)52(60)50(46-57)64-55)56-51(59)45-43-41-39-37-35-16-14-12-10-8-6-4-2/h30-31,34,36,42,44,48-50,52-55,57-58,60-62H,3-29,32-33,35,37-41,43,45-47H2,1-2H3,(H,56,59)/b31-30+,36-34+,44-42+. The van der Waals surface area contributed by atoms with Gasteiger partial charge in [0.05, 0.1) is 25.4 Å². The van der Waals surface area contributed by atoms with Gasteiger partial charge in [-0.3, -0.25) is 4.79 Å². The molecule has 7 atom stereocenters. The molecule has 1 saturated heterocycles. The lowest BCUT2D eigenvalue weighted by Gasteiger charge is -2.40. The Morgan fingerprint density at radius 1 is 0.516 bits per heavy atom. The third-order valence-corrected chi connectivity index (χ3v) is 12.9. The Morgan fingerprint density at radius 3 is 1.31 bits per heavy atom. The van der Waals surface area contributed by atoms with Crippen LogP contribution in [0, 0.1) is 0 Å². The van der Waals surface area contributed by atoms with Crippen molar-refractivity contribution in [2.75, 3.05) is 13.2 Å². The van der Waals surface area contributed by atoms with Crippen LogP contribution in [0.4, 0.5) is 0 Å². The van der Waals surface area contributed by atoms with Gasteiger partial charge in [0.25, 0.3) is 0 Å². The molecule has 0 aromatic carbocycles. The van der Waals surface area contributed by atoms with E-state index in [9.17, 15) is 30.3 Å². The maximum absolute atomic E-state index is 13.0. The van der Waals surface area contributed by atoms with Crippen molar-refractivity contribution in [1.29, 1.82) is 0 Å². The lowest BCUT2D eigenvalue weighted by molar-refractivity contribution is -0.302. The molecule has 9 heteroatoms. The Kier molecular flexibility index (Phi) is 42.7. The second-order valence-electron chi connectivity index (χ2n) is 19.0. The average molecular weight is 906 g/mol. The number of rotatable bonds is 46. The summed E-state index contributed by atoms with van der Waals surface area (Å²) in [6.07, 6.45) is 50.8. The van der Waals surface area contributed by atoms with Crippen molar-refractivity contribution >= 4 is 5.91 Å². The summed E-state index contributed by atoms with van der Waals surface area (Å²) in [5, 5.41) is 54.3. The van der Waals surface area contributed by atoms with E-state index in [0.717, 1.165) is 44.9 Å². The van der Waals surface area contributed by atoms with Gasteiger partial charge in [-0.1, -0.05) is 237 Å². The summed E-state index contributed by atoms with van der Waals surface area (Å²) in [6.45, 7) is 3.76. The Hall–Kier alpha value is -1.59. The van der Waals surface area contributed by atoms with Gasteiger partial charge in [0.2, 0.25) is 5.91 Å². The molecule has 1 amide bonds. The van der Waals surface area contributed by atoms with Crippen LogP contribution in [0.15, 0.2) is 36.5 Å². The highest BCUT2D eigenvalue weighted by Gasteiger charge is 2.44. The minimum Gasteiger partial charge on any atom is -0.394 e. The molecule has 376 valence electrons. The molecular weight excluding hydrogens is 803 g/mol. The Morgan fingerprint density at radius 2 is 0.891 bits per heavy atom. The number of hydrogen-bond donors (Lipinski definition) is 6. The highest BCUT2D eigenvalue weighted by atomic mass is 16.7. The molecule has 64 heavy (non-hydrogen) atoms. The first-order valence-corrected chi connectivity index (χ1v) is 27.2. The summed E-state index contributed by atoms with van der Waals surface area (Å²) in [6, 6.07) is -0.824. The molecule has 1 fully saturated rings. The van der Waals surface area contributed by atoms with Crippen molar-refractivity contribution in [2.24, 2.45) is 0 Å². The van der Waals surface area contributed by atoms with Crippen molar-refractivity contribution in [3.05, 3.63) is 36.5 Å². The molecule has 1 rings (SSSR count). The maximum Gasteiger partial charge on any atom is 0.220 e. The zero-order valence-electron chi connectivity index (χ0n) is 41.5. The number of aliphatic hydroxyl groups excluding tert-OH is 5. The van der Waals surface area contributed by atoms with Gasteiger partial charge in [-0.25, -0.2) is 0 Å². The molecule has 0 aliphatic carbocycles. The highest BCUT2D eigenvalue weighted by molar-refractivity contribution is 5.76. The molecule has 0 aromatic heterocycles. The molecule has 7 unspecified atom stereocenters. The molecule has 0 spiro atoms. The van der Waals surface area contributed by atoms with E-state index in [1.54, 1.807) is 6.08 Å². The van der Waals surface area contributed by atoms with Crippen LogP contribution in [-0.4, -0.2) is 87.5 Å². The van der Waals surface area contributed by atoms with Gasteiger partial charge < -0.3 is 40.3 Å². The van der Waals surface area contributed by atoms with E-state index in [2.05, 4.69) is 43.5 Å². The predicted octanol–water partition coefficient (Wildman–Crippen LogP) is 12.8. The van der Waals surface area contributed by atoms with E-state index < -0.39 is 49.5 Å². The fourth-order valence-electron chi connectivity index (χ4n) is 8.60. The number of carbonyl (C=O) groups is 1. The van der Waals surface area contributed by atoms with Gasteiger partial charge in [-0.15, -0.1) is 0 Å². The van der Waals surface area contributed by atoms with Crippen molar-refractivity contribution in [3.8, 4) is 0 Å². The van der Waals surface area contributed by atoms with Crippen molar-refractivity contribution in [3.63, 3.8) is 0 Å². The zero-order valence-corrected chi connectivity index (χ0v) is 41.5. The fraction of sp³-hybridized carbons (Fsp3) is 0.873. The van der Waals surface area contributed by atoms with Crippen LogP contribution in [0.3, 0.4) is 0 Å². The van der Waals surface area contributed by atoms with Gasteiger partial charge in [-0.2, -0.15) is 0 Å². The molecule has 0 bridgehead atoms. The van der Waals surface area contributed by atoms with Gasteiger partial charge in [0.1, 0.15) is 24.4 Å². The topological polar surface area (TPSA) is 149 Å². The number of allylic oxidation sites excluding steroid dienone is 5. The van der Waals surface area contributed by atoms with Crippen LogP contribution in [0.25, 0.3) is 0 Å². The Bertz CT molecular complexity index is 1100. The maximum atomic E-state index is 13.0. The predicted molar refractivity (Wildman–Crippen MR) is 267 cm³/mol.